The zero-order valence-electron chi connectivity index (χ0n) is 20.7. The van der Waals surface area contributed by atoms with Crippen LogP contribution >= 0.6 is 0 Å². The third kappa shape index (κ3) is 5.71. The van der Waals surface area contributed by atoms with Gasteiger partial charge in [-0.2, -0.15) is 0 Å². The van der Waals surface area contributed by atoms with Gasteiger partial charge >= 0.3 is 5.97 Å². The summed E-state index contributed by atoms with van der Waals surface area (Å²) in [6.07, 6.45) is 2.14. The maximum absolute atomic E-state index is 12.5. The molecule has 1 aromatic carbocycles. The van der Waals surface area contributed by atoms with Crippen LogP contribution in [0.2, 0.25) is 0 Å². The van der Waals surface area contributed by atoms with Crippen LogP contribution in [0, 0.1) is 18.3 Å². The first kappa shape index (κ1) is 24.7. The van der Waals surface area contributed by atoms with E-state index in [4.69, 9.17) is 9.72 Å². The molecule has 1 N–H and O–H groups in total. The summed E-state index contributed by atoms with van der Waals surface area (Å²) >= 11 is 0. The summed E-state index contributed by atoms with van der Waals surface area (Å²) < 4.78 is 9.03. The van der Waals surface area contributed by atoms with Crippen molar-refractivity contribution in [3.63, 3.8) is 0 Å². The van der Waals surface area contributed by atoms with Gasteiger partial charge < -0.3 is 19.0 Å². The summed E-state index contributed by atoms with van der Waals surface area (Å²) in [4.78, 5) is 29.4. The van der Waals surface area contributed by atoms with Gasteiger partial charge in [0.2, 0.25) is 0 Å². The zero-order valence-corrected chi connectivity index (χ0v) is 20.7. The molecule has 2 aromatic heterocycles. The lowest BCUT2D eigenvalue weighted by Crippen LogP contribution is -2.30. The van der Waals surface area contributed by atoms with Crippen LogP contribution in [-0.4, -0.2) is 37.9 Å². The zero-order chi connectivity index (χ0) is 24.5. The molecule has 0 saturated heterocycles. The van der Waals surface area contributed by atoms with Crippen molar-refractivity contribution in [3.05, 3.63) is 51.9 Å². The Balaban J connectivity index is 1.81. The highest BCUT2D eigenvalue weighted by Gasteiger charge is 2.26. The average Bonchev–Trinajstić information content (AvgIpc) is 3.05. The Kier molecular flexibility index (Phi) is 7.12. The molecule has 0 amide bonds. The summed E-state index contributed by atoms with van der Waals surface area (Å²) in [5, 5.41) is 10.2. The van der Waals surface area contributed by atoms with Crippen molar-refractivity contribution in [2.45, 2.75) is 53.6 Å². The fourth-order valence-electron chi connectivity index (χ4n) is 3.93. The number of esters is 1. The molecule has 0 fully saturated rings. The Morgan fingerprint density at radius 3 is 2.52 bits per heavy atom. The van der Waals surface area contributed by atoms with Crippen molar-refractivity contribution in [1.82, 2.24) is 14.1 Å². The van der Waals surface area contributed by atoms with E-state index >= 15 is 0 Å². The summed E-state index contributed by atoms with van der Waals surface area (Å²) in [5.41, 5.74) is 4.28. The Hall–Kier alpha value is -2.93. The van der Waals surface area contributed by atoms with Gasteiger partial charge in [0, 0.05) is 31.4 Å². The van der Waals surface area contributed by atoms with Gasteiger partial charge in [0.25, 0.3) is 5.56 Å². The highest BCUT2D eigenvalue weighted by Crippen LogP contribution is 2.26. The molecule has 0 unspecified atom stereocenters. The fraction of sp³-hybridized carbons (Fsp3) is 0.500. The van der Waals surface area contributed by atoms with Crippen LogP contribution in [-0.2, 0) is 30.0 Å². The SMILES string of the molecule is Cc1cc(-c2nc3cc(CC[C@H](C(=O)OCC(C)(C)C)[C@@H](C)O)ccc3n2C)cn(C)c1=O. The van der Waals surface area contributed by atoms with Gasteiger partial charge in [-0.1, -0.05) is 26.8 Å². The van der Waals surface area contributed by atoms with Crippen molar-refractivity contribution >= 4 is 17.0 Å². The van der Waals surface area contributed by atoms with Crippen molar-refractivity contribution in [2.24, 2.45) is 25.4 Å². The Bertz CT molecular complexity index is 1190. The highest BCUT2D eigenvalue weighted by molar-refractivity contribution is 5.81. The number of aliphatic hydroxyl groups excluding tert-OH is 1. The molecule has 0 spiro atoms. The highest BCUT2D eigenvalue weighted by atomic mass is 16.5. The summed E-state index contributed by atoms with van der Waals surface area (Å²) in [6.45, 7) is 9.77. The quantitative estimate of drug-likeness (QED) is 0.551. The summed E-state index contributed by atoms with van der Waals surface area (Å²) in [6, 6.07) is 7.93. The van der Waals surface area contributed by atoms with Crippen LogP contribution in [0.25, 0.3) is 22.4 Å². The van der Waals surface area contributed by atoms with Gasteiger partial charge in [-0.15, -0.1) is 0 Å². The first-order chi connectivity index (χ1) is 15.4. The van der Waals surface area contributed by atoms with E-state index in [1.807, 2.05) is 56.7 Å². The van der Waals surface area contributed by atoms with Crippen LogP contribution < -0.4 is 5.56 Å². The number of aryl methyl sites for hydroxylation is 4. The molecule has 0 radical (unpaired) electrons. The fourth-order valence-corrected chi connectivity index (χ4v) is 3.93. The number of carbonyl (C=O) groups is 1. The second-order valence-electron chi connectivity index (χ2n) is 10.2. The monoisotopic (exact) mass is 453 g/mol. The van der Waals surface area contributed by atoms with Gasteiger partial charge in [0.05, 0.1) is 29.7 Å². The number of aliphatic hydroxyl groups is 1. The minimum absolute atomic E-state index is 0.0199. The standard InChI is InChI=1S/C26H35N3O4/c1-16-12-19(14-28(6)24(16)31)23-27-21-13-18(9-11-22(21)29(23)7)8-10-20(17(2)30)25(32)33-15-26(3,4)5/h9,11-14,17,20,30H,8,10,15H2,1-7H3/t17-,20+/m1/s1. The number of nitrogens with zero attached hydrogens (tertiary/aromatic N) is 3. The average molecular weight is 454 g/mol. The van der Waals surface area contributed by atoms with Crippen LogP contribution in [0.5, 0.6) is 0 Å². The van der Waals surface area contributed by atoms with Crippen molar-refractivity contribution < 1.29 is 14.6 Å². The lowest BCUT2D eigenvalue weighted by molar-refractivity contribution is -0.155. The Morgan fingerprint density at radius 2 is 1.91 bits per heavy atom. The van der Waals surface area contributed by atoms with E-state index in [0.717, 1.165) is 28.0 Å². The minimum atomic E-state index is -0.782. The van der Waals surface area contributed by atoms with Gasteiger partial charge in [-0.05, 0) is 55.9 Å². The van der Waals surface area contributed by atoms with Gasteiger partial charge in [0.1, 0.15) is 5.82 Å². The third-order valence-corrected chi connectivity index (χ3v) is 5.84. The molecule has 0 aliphatic heterocycles. The van der Waals surface area contributed by atoms with Crippen LogP contribution in [0.4, 0.5) is 0 Å². The topological polar surface area (TPSA) is 86.3 Å². The maximum Gasteiger partial charge on any atom is 0.311 e. The number of hydrogen-bond donors (Lipinski definition) is 1. The van der Waals surface area contributed by atoms with E-state index < -0.39 is 12.0 Å². The number of carbonyl (C=O) groups excluding carboxylic acids is 1. The summed E-state index contributed by atoms with van der Waals surface area (Å²) in [7, 11) is 3.70. The molecule has 33 heavy (non-hydrogen) atoms. The third-order valence-electron chi connectivity index (χ3n) is 5.84. The largest absolute Gasteiger partial charge is 0.465 e. The van der Waals surface area contributed by atoms with Gasteiger partial charge in [-0.25, -0.2) is 4.98 Å². The normalized spacial score (nSPS) is 13.8. The predicted octanol–water partition coefficient (Wildman–Crippen LogP) is 3.77. The molecular formula is C26H35N3O4. The number of aromatic nitrogens is 3. The number of rotatable bonds is 7. The van der Waals surface area contributed by atoms with Crippen LogP contribution in [0.15, 0.2) is 35.3 Å². The molecule has 7 heteroatoms. The Labute approximate surface area is 195 Å². The van der Waals surface area contributed by atoms with Crippen LogP contribution in [0.3, 0.4) is 0 Å². The molecule has 2 heterocycles. The molecule has 3 rings (SSSR count). The molecule has 0 saturated carbocycles. The molecule has 3 aromatic rings. The second-order valence-corrected chi connectivity index (χ2v) is 10.2. The van der Waals surface area contributed by atoms with Crippen molar-refractivity contribution in [3.8, 4) is 11.4 Å². The number of hydrogen-bond acceptors (Lipinski definition) is 5. The molecule has 7 nitrogen and oxygen atoms in total. The van der Waals surface area contributed by atoms with Crippen molar-refractivity contribution in [1.29, 1.82) is 0 Å². The number of pyridine rings is 1. The Morgan fingerprint density at radius 1 is 1.21 bits per heavy atom. The predicted molar refractivity (Wildman–Crippen MR) is 130 cm³/mol. The van der Waals surface area contributed by atoms with Gasteiger partial charge in [0.15, 0.2) is 0 Å². The lowest BCUT2D eigenvalue weighted by Gasteiger charge is -2.23. The molecule has 0 aliphatic carbocycles. The van der Waals surface area contributed by atoms with E-state index in [-0.39, 0.29) is 16.9 Å². The number of ether oxygens (including phenoxy) is 1. The maximum atomic E-state index is 12.5. The molecule has 0 aliphatic rings. The van der Waals surface area contributed by atoms with Crippen molar-refractivity contribution in [2.75, 3.05) is 6.61 Å². The van der Waals surface area contributed by atoms with E-state index in [1.54, 1.807) is 31.7 Å². The smallest absolute Gasteiger partial charge is 0.311 e. The van der Waals surface area contributed by atoms with E-state index in [9.17, 15) is 14.7 Å². The first-order valence-corrected chi connectivity index (χ1v) is 11.3. The van der Waals surface area contributed by atoms with E-state index in [2.05, 4.69) is 0 Å². The van der Waals surface area contributed by atoms with E-state index in [1.165, 1.54) is 0 Å². The van der Waals surface area contributed by atoms with Crippen LogP contribution in [0.1, 0.15) is 45.2 Å². The number of benzene rings is 1. The van der Waals surface area contributed by atoms with E-state index in [0.29, 0.717) is 25.0 Å². The molecular weight excluding hydrogens is 418 g/mol. The van der Waals surface area contributed by atoms with Gasteiger partial charge in [-0.3, -0.25) is 9.59 Å². The molecule has 2 atom stereocenters. The lowest BCUT2D eigenvalue weighted by atomic mass is 9.94. The number of imidazole rings is 1. The summed E-state index contributed by atoms with van der Waals surface area (Å²) in [5.74, 6) is -0.143. The first-order valence-electron chi connectivity index (χ1n) is 11.3. The molecule has 178 valence electrons. The second kappa shape index (κ2) is 9.51. The molecule has 0 bridgehead atoms. The number of fused-ring (bicyclic) bond motifs is 1. The minimum Gasteiger partial charge on any atom is -0.465 e.